The lowest BCUT2D eigenvalue weighted by molar-refractivity contribution is 0.693. The number of nitrogens with one attached hydrogen (secondary N) is 1. The Morgan fingerprint density at radius 1 is 1.71 bits per heavy atom. The van der Waals surface area contributed by atoms with E-state index >= 15 is 0 Å². The average Bonchev–Trinajstić information content (AvgIpc) is 1.69. The van der Waals surface area contributed by atoms with Gasteiger partial charge >= 0.3 is 0 Å². The van der Waals surface area contributed by atoms with E-state index in [1.54, 1.807) is 0 Å². The second kappa shape index (κ2) is 1.87. The van der Waals surface area contributed by atoms with Crippen molar-refractivity contribution in [2.75, 3.05) is 6.54 Å². The molecule has 40 valence electrons. The molecule has 0 fully saturated rings. The Balaban J connectivity index is 2.40. The molecular weight excluding hydrogens is 88.1 g/mol. The van der Waals surface area contributed by atoms with Crippen LogP contribution in [0.2, 0.25) is 0 Å². The maximum atomic E-state index is 5.43. The van der Waals surface area contributed by atoms with E-state index in [-0.39, 0.29) is 0 Å². The number of nitrogens with two attached hydrogens (primary N) is 1. The van der Waals surface area contributed by atoms with Gasteiger partial charge in [-0.3, -0.25) is 0 Å². The molecule has 0 spiro atoms. The fraction of sp³-hybridized carbons (Fsp3) is 0.600. The summed E-state index contributed by atoms with van der Waals surface area (Å²) in [6.07, 6.45) is 4.12. The molecule has 2 heteroatoms. The predicted octanol–water partition coefficient (Wildman–Crippen LogP) is 0.170. The summed E-state index contributed by atoms with van der Waals surface area (Å²) >= 11 is 0. The van der Waals surface area contributed by atoms with E-state index in [1.165, 1.54) is 6.42 Å². The van der Waals surface area contributed by atoms with E-state index in [1.807, 2.05) is 6.20 Å². The Hall–Kier alpha value is -0.660. The van der Waals surface area contributed by atoms with Crippen molar-refractivity contribution in [1.82, 2.24) is 5.32 Å². The van der Waals surface area contributed by atoms with E-state index in [0.29, 0.717) is 0 Å². The third-order valence-corrected chi connectivity index (χ3v) is 1.07. The van der Waals surface area contributed by atoms with Crippen molar-refractivity contribution in [1.29, 1.82) is 0 Å². The highest BCUT2D eigenvalue weighted by Crippen LogP contribution is 1.99. The highest BCUT2D eigenvalue weighted by Gasteiger charge is 1.94. The minimum absolute atomic E-state index is 0.978. The van der Waals surface area contributed by atoms with Gasteiger partial charge in [0.1, 0.15) is 0 Å². The van der Waals surface area contributed by atoms with E-state index in [0.717, 1.165) is 18.7 Å². The molecule has 2 nitrogen and oxygen atoms in total. The zero-order valence-corrected chi connectivity index (χ0v) is 4.28. The average molecular weight is 98.1 g/mol. The molecule has 1 aliphatic heterocycles. The lowest BCUT2D eigenvalue weighted by Gasteiger charge is -2.08. The number of hydrogen-bond donors (Lipinski definition) is 2. The van der Waals surface area contributed by atoms with Crippen molar-refractivity contribution in [2.24, 2.45) is 5.73 Å². The standard InChI is InChI=1S/C5H10N2/c6-5-2-1-3-7-4-5/h4,7H,1-3,6H2. The Morgan fingerprint density at radius 2 is 2.57 bits per heavy atom. The molecule has 0 aromatic heterocycles. The van der Waals surface area contributed by atoms with Crippen LogP contribution in [-0.2, 0) is 0 Å². The van der Waals surface area contributed by atoms with Gasteiger partial charge in [0.05, 0.1) is 0 Å². The summed E-state index contributed by atoms with van der Waals surface area (Å²) in [5, 5.41) is 3.05. The first-order valence-corrected chi connectivity index (χ1v) is 2.57. The van der Waals surface area contributed by atoms with Crippen molar-refractivity contribution in [3.63, 3.8) is 0 Å². The molecule has 0 aliphatic carbocycles. The maximum Gasteiger partial charge on any atom is 0.0241 e. The summed E-state index contributed by atoms with van der Waals surface area (Å²) in [6.45, 7) is 1.08. The predicted molar refractivity (Wildman–Crippen MR) is 29.5 cm³/mol. The third-order valence-electron chi connectivity index (χ3n) is 1.07. The summed E-state index contributed by atoms with van der Waals surface area (Å²) < 4.78 is 0. The monoisotopic (exact) mass is 98.1 g/mol. The Kier molecular flexibility index (Phi) is 1.20. The molecule has 7 heavy (non-hydrogen) atoms. The van der Waals surface area contributed by atoms with Gasteiger partial charge in [0, 0.05) is 18.4 Å². The summed E-state index contributed by atoms with van der Waals surface area (Å²) in [5.41, 5.74) is 6.41. The molecule has 1 heterocycles. The fourth-order valence-electron chi connectivity index (χ4n) is 0.670. The van der Waals surface area contributed by atoms with Crippen LogP contribution in [-0.4, -0.2) is 6.54 Å². The molecule has 0 aromatic rings. The summed E-state index contributed by atoms with van der Waals surface area (Å²) in [7, 11) is 0. The van der Waals surface area contributed by atoms with Gasteiger partial charge in [-0.25, -0.2) is 0 Å². The van der Waals surface area contributed by atoms with Gasteiger partial charge in [0.2, 0.25) is 0 Å². The summed E-state index contributed by atoms with van der Waals surface area (Å²) in [6, 6.07) is 0. The molecule has 0 atom stereocenters. The van der Waals surface area contributed by atoms with Crippen LogP contribution >= 0.6 is 0 Å². The van der Waals surface area contributed by atoms with Gasteiger partial charge in [-0.1, -0.05) is 0 Å². The Bertz CT molecular complexity index is 86.1. The molecule has 1 aliphatic rings. The largest absolute Gasteiger partial charge is 0.401 e. The normalized spacial score (nSPS) is 20.3. The number of allylic oxidation sites excluding steroid dienone is 1. The van der Waals surface area contributed by atoms with Crippen LogP contribution in [0.25, 0.3) is 0 Å². The SMILES string of the molecule is NC1=CNCCC1. The minimum Gasteiger partial charge on any atom is -0.401 e. The van der Waals surface area contributed by atoms with Gasteiger partial charge in [-0.05, 0) is 12.8 Å². The van der Waals surface area contributed by atoms with Crippen LogP contribution in [0.1, 0.15) is 12.8 Å². The first kappa shape index (κ1) is 4.50. The Morgan fingerprint density at radius 3 is 2.86 bits per heavy atom. The molecule has 3 N–H and O–H groups in total. The Labute approximate surface area is 43.4 Å². The lowest BCUT2D eigenvalue weighted by atomic mass is 10.2. The van der Waals surface area contributed by atoms with Crippen molar-refractivity contribution < 1.29 is 0 Å². The number of rotatable bonds is 0. The smallest absolute Gasteiger partial charge is 0.0241 e. The molecule has 0 saturated carbocycles. The molecule has 0 saturated heterocycles. The number of hydrogen-bond acceptors (Lipinski definition) is 2. The molecular formula is C5H10N2. The highest BCUT2D eigenvalue weighted by molar-refractivity contribution is 4.97. The molecule has 0 radical (unpaired) electrons. The summed E-state index contributed by atoms with van der Waals surface area (Å²) in [5.74, 6) is 0. The highest BCUT2D eigenvalue weighted by atomic mass is 14.9. The van der Waals surface area contributed by atoms with E-state index in [9.17, 15) is 0 Å². The van der Waals surface area contributed by atoms with Crippen LogP contribution in [0.3, 0.4) is 0 Å². The topological polar surface area (TPSA) is 38.0 Å². The first-order chi connectivity index (χ1) is 3.39. The van der Waals surface area contributed by atoms with Gasteiger partial charge < -0.3 is 11.1 Å². The second-order valence-corrected chi connectivity index (χ2v) is 1.78. The quantitative estimate of drug-likeness (QED) is 0.453. The van der Waals surface area contributed by atoms with Crippen LogP contribution in [0.5, 0.6) is 0 Å². The molecule has 0 unspecified atom stereocenters. The van der Waals surface area contributed by atoms with Crippen molar-refractivity contribution in [3.05, 3.63) is 11.9 Å². The van der Waals surface area contributed by atoms with E-state index in [2.05, 4.69) is 5.32 Å². The van der Waals surface area contributed by atoms with Gasteiger partial charge in [-0.2, -0.15) is 0 Å². The van der Waals surface area contributed by atoms with E-state index < -0.39 is 0 Å². The minimum atomic E-state index is 0.978. The molecule has 0 amide bonds. The van der Waals surface area contributed by atoms with Crippen LogP contribution in [0.4, 0.5) is 0 Å². The van der Waals surface area contributed by atoms with Gasteiger partial charge in [-0.15, -0.1) is 0 Å². The zero-order chi connectivity index (χ0) is 5.11. The maximum absolute atomic E-state index is 5.43. The molecule has 1 rings (SSSR count). The van der Waals surface area contributed by atoms with Crippen molar-refractivity contribution in [3.8, 4) is 0 Å². The van der Waals surface area contributed by atoms with Gasteiger partial charge in [0.15, 0.2) is 0 Å². The fourth-order valence-corrected chi connectivity index (χ4v) is 0.670. The lowest BCUT2D eigenvalue weighted by Crippen LogP contribution is -2.17. The van der Waals surface area contributed by atoms with Gasteiger partial charge in [0.25, 0.3) is 0 Å². The van der Waals surface area contributed by atoms with Crippen molar-refractivity contribution in [2.45, 2.75) is 12.8 Å². The second-order valence-electron chi connectivity index (χ2n) is 1.78. The summed E-state index contributed by atoms with van der Waals surface area (Å²) in [4.78, 5) is 0. The van der Waals surface area contributed by atoms with Crippen LogP contribution in [0, 0.1) is 0 Å². The zero-order valence-electron chi connectivity index (χ0n) is 4.28. The third kappa shape index (κ3) is 1.11. The molecule has 0 aromatic carbocycles. The van der Waals surface area contributed by atoms with Crippen LogP contribution in [0.15, 0.2) is 11.9 Å². The molecule has 0 bridgehead atoms. The van der Waals surface area contributed by atoms with Crippen LogP contribution < -0.4 is 11.1 Å². The van der Waals surface area contributed by atoms with E-state index in [4.69, 9.17) is 5.73 Å². The van der Waals surface area contributed by atoms with Crippen molar-refractivity contribution >= 4 is 0 Å². The first-order valence-electron chi connectivity index (χ1n) is 2.57.